The molecule has 0 aromatic rings. The predicted molar refractivity (Wildman–Crippen MR) is 145 cm³/mol. The summed E-state index contributed by atoms with van der Waals surface area (Å²) in [7, 11) is 0. The Morgan fingerprint density at radius 1 is 0.586 bits per heavy atom. The quantitative estimate of drug-likeness (QED) is 0.176. The molecule has 0 aromatic heterocycles. The molecule has 0 fully saturated rings. The van der Waals surface area contributed by atoms with Gasteiger partial charge in [-0.3, -0.25) is 0 Å². The summed E-state index contributed by atoms with van der Waals surface area (Å²) in [5, 5.41) is 37.0. The molecule has 0 radical (unpaired) electrons. The summed E-state index contributed by atoms with van der Waals surface area (Å²) in [6, 6.07) is 0. The molecule has 8 heteroatoms. The summed E-state index contributed by atoms with van der Waals surface area (Å²) in [6.45, 7) is 16.3. The molecule has 0 rings (SSSR count). The molecule has 0 aromatic carbocycles. The van der Waals surface area contributed by atoms with Gasteiger partial charge in [0, 0.05) is 6.17 Å². The molecule has 0 saturated carbocycles. The maximum absolute atomic E-state index is 6.33. The zero-order valence-corrected chi connectivity index (χ0v) is 18.6. The Kier molecular flexibility index (Phi) is 497. The molecule has 0 atom stereocenters. The van der Waals surface area contributed by atoms with E-state index >= 15 is 0 Å². The molecule has 8 nitrogen and oxygen atoms in total. The second-order valence-electron chi connectivity index (χ2n) is 3.24. The smallest absolute Gasteiger partial charge is 0.0491 e. The maximum Gasteiger partial charge on any atom is 0.0491 e. The average Bonchev–Trinajstić information content (AvgIpc) is 2.59. The lowest BCUT2D eigenvalue weighted by Gasteiger charge is -1.83. The Bertz CT molecular complexity index is 184. The van der Waals surface area contributed by atoms with Crippen molar-refractivity contribution < 1.29 is 0 Å². The van der Waals surface area contributed by atoms with Gasteiger partial charge in [-0.1, -0.05) is 50.0 Å². The van der Waals surface area contributed by atoms with Crippen molar-refractivity contribution >= 4 is 37.3 Å². The van der Waals surface area contributed by atoms with Gasteiger partial charge in [-0.15, -0.1) is 0 Å². The number of rotatable bonds is 2. The summed E-state index contributed by atoms with van der Waals surface area (Å²) < 4.78 is 0. The largest absolute Gasteiger partial charge is 0.316 e. The predicted octanol–water partition coefficient (Wildman–Crippen LogP) is 6.90. The second kappa shape index (κ2) is 202. The highest BCUT2D eigenvalue weighted by Crippen LogP contribution is 1.54. The molecule has 0 spiro atoms. The lowest BCUT2D eigenvalue weighted by Crippen LogP contribution is -2.25. The van der Waals surface area contributed by atoms with Gasteiger partial charge >= 0.3 is 0 Å². The highest BCUT2D eigenvalue weighted by molar-refractivity contribution is 5.52. The van der Waals surface area contributed by atoms with E-state index in [1.165, 1.54) is 37.3 Å². The lowest BCUT2D eigenvalue weighted by molar-refractivity contribution is 0.790. The van der Waals surface area contributed by atoms with Gasteiger partial charge in [0.1, 0.15) is 0 Å². The Morgan fingerprint density at radius 2 is 0.621 bits per heavy atom. The highest BCUT2D eigenvalue weighted by Gasteiger charge is 1.66. The van der Waals surface area contributed by atoms with Crippen LogP contribution in [0.2, 0.25) is 0 Å². The Labute approximate surface area is 185 Å². The lowest BCUT2D eigenvalue weighted by atomic mass is 10.6. The fraction of sp³-hybridized carbons (Fsp3) is 0.714. The zero-order valence-electron chi connectivity index (χ0n) is 18.6. The van der Waals surface area contributed by atoms with Gasteiger partial charge in [0.15, 0.2) is 0 Å². The van der Waals surface area contributed by atoms with Crippen molar-refractivity contribution in [3.63, 3.8) is 0 Å². The van der Waals surface area contributed by atoms with E-state index in [-0.39, 0.29) is 28.4 Å². The Balaban J connectivity index is -0.0000000141. The molecule has 0 unspecified atom stereocenters. The third-order valence-corrected chi connectivity index (χ3v) is 0.408. The van der Waals surface area contributed by atoms with Crippen LogP contribution in [0.4, 0.5) is 0 Å². The minimum Gasteiger partial charge on any atom is -0.316 e. The molecule has 0 aliphatic rings. The topological polar surface area (TPSA) is 195 Å². The van der Waals surface area contributed by atoms with E-state index in [4.69, 9.17) is 43.9 Å². The second-order valence-corrected chi connectivity index (χ2v) is 3.24. The van der Waals surface area contributed by atoms with Gasteiger partial charge in [0.05, 0.1) is 0 Å². The fourth-order valence-electron chi connectivity index (χ4n) is 0. The first-order chi connectivity index (χ1) is 12.2. The number of nitrogens with one attached hydrogen (secondary N) is 6. The van der Waals surface area contributed by atoms with Crippen molar-refractivity contribution in [1.82, 2.24) is 0 Å². The SMILES string of the molecule is C.C.C.CC.CC(N)N.CC=N.CC=N.CC=N.CC=N.CCC=N.CCC=N. The van der Waals surface area contributed by atoms with E-state index in [0.29, 0.717) is 0 Å². The summed E-state index contributed by atoms with van der Waals surface area (Å²) in [4.78, 5) is 0. The highest BCUT2D eigenvalue weighted by atomic mass is 14.8. The van der Waals surface area contributed by atoms with Crippen molar-refractivity contribution in [3.8, 4) is 0 Å². The molecule has 0 amide bonds. The molecular formula is C21H60N8. The summed E-state index contributed by atoms with van der Waals surface area (Å²) in [5.74, 6) is 0. The van der Waals surface area contributed by atoms with Gasteiger partial charge in [-0.2, -0.15) is 0 Å². The summed E-state index contributed by atoms with van der Waals surface area (Å²) >= 11 is 0. The van der Waals surface area contributed by atoms with Crippen molar-refractivity contribution in [3.05, 3.63) is 0 Å². The van der Waals surface area contributed by atoms with Crippen molar-refractivity contribution in [2.24, 2.45) is 11.5 Å². The first-order valence-electron chi connectivity index (χ1n) is 8.52. The fourth-order valence-corrected chi connectivity index (χ4v) is 0. The number of hydrogen-bond acceptors (Lipinski definition) is 8. The normalized spacial score (nSPS) is 4.97. The minimum absolute atomic E-state index is 0. The third kappa shape index (κ3) is 4130000. The summed E-state index contributed by atoms with van der Waals surface area (Å²) in [5.41, 5.74) is 9.78. The van der Waals surface area contributed by atoms with E-state index < -0.39 is 0 Å². The standard InChI is InChI=1S/2C3H7N.C2H8N2.4C2H5N.C2H6.3CH4/c2*1-2-3-4;1-2(3)4;4*1-2-3;1-2;;;/h2*3-4H,2H2,1H3;2H,3-4H2,1H3;4*2-3H,1H3;1-2H3;3*1H4. The monoisotopic (exact) mass is 424 g/mol. The molecule has 0 heterocycles. The molecule has 0 saturated heterocycles. The molecule has 184 valence electrons. The van der Waals surface area contributed by atoms with E-state index in [9.17, 15) is 0 Å². The van der Waals surface area contributed by atoms with Crippen molar-refractivity contribution in [1.29, 1.82) is 32.5 Å². The zero-order chi connectivity index (χ0) is 23.2. The van der Waals surface area contributed by atoms with E-state index in [0.717, 1.165) is 12.8 Å². The number of nitrogens with two attached hydrogens (primary N) is 2. The van der Waals surface area contributed by atoms with Gasteiger partial charge in [0.2, 0.25) is 0 Å². The van der Waals surface area contributed by atoms with Crippen LogP contribution in [0.1, 0.15) is 97.4 Å². The van der Waals surface area contributed by atoms with Crippen LogP contribution in [-0.4, -0.2) is 43.5 Å². The van der Waals surface area contributed by atoms with Crippen LogP contribution in [0.25, 0.3) is 0 Å². The van der Waals surface area contributed by atoms with Gasteiger partial charge in [0.25, 0.3) is 0 Å². The molecule has 10 N–H and O–H groups in total. The van der Waals surface area contributed by atoms with Crippen LogP contribution in [-0.2, 0) is 0 Å². The van der Waals surface area contributed by atoms with Crippen LogP contribution in [0.5, 0.6) is 0 Å². The Morgan fingerprint density at radius 3 is 0.621 bits per heavy atom. The maximum atomic E-state index is 6.33. The van der Waals surface area contributed by atoms with E-state index in [1.807, 2.05) is 27.7 Å². The molecule has 0 aliphatic carbocycles. The van der Waals surface area contributed by atoms with Crippen LogP contribution < -0.4 is 11.5 Å². The molecule has 0 aliphatic heterocycles. The van der Waals surface area contributed by atoms with E-state index in [1.54, 1.807) is 34.6 Å². The van der Waals surface area contributed by atoms with Crippen LogP contribution in [0.3, 0.4) is 0 Å². The minimum atomic E-state index is -0.167. The van der Waals surface area contributed by atoms with Gasteiger partial charge < -0.3 is 43.9 Å². The van der Waals surface area contributed by atoms with Crippen molar-refractivity contribution in [2.75, 3.05) is 0 Å². The molecule has 29 heavy (non-hydrogen) atoms. The third-order valence-electron chi connectivity index (χ3n) is 0.408. The molecular weight excluding hydrogens is 364 g/mol. The Hall–Kier alpha value is -2.06. The summed E-state index contributed by atoms with van der Waals surface area (Å²) in [6.07, 6.45) is 9.31. The van der Waals surface area contributed by atoms with E-state index in [2.05, 4.69) is 0 Å². The molecule has 0 bridgehead atoms. The first kappa shape index (κ1) is 71.3. The van der Waals surface area contributed by atoms with Gasteiger partial charge in [-0.05, 0) is 84.7 Å². The van der Waals surface area contributed by atoms with Crippen molar-refractivity contribution in [2.45, 2.75) is 104 Å². The van der Waals surface area contributed by atoms with Crippen LogP contribution in [0.15, 0.2) is 0 Å². The van der Waals surface area contributed by atoms with Gasteiger partial charge in [-0.25, -0.2) is 0 Å². The first-order valence-corrected chi connectivity index (χ1v) is 8.52. The van der Waals surface area contributed by atoms with Crippen LogP contribution in [0, 0.1) is 32.5 Å². The van der Waals surface area contributed by atoms with Crippen LogP contribution >= 0.6 is 0 Å². The number of hydrogen-bond donors (Lipinski definition) is 8. The average molecular weight is 425 g/mol.